The molecule has 0 fully saturated rings. The van der Waals surface area contributed by atoms with Gasteiger partial charge in [-0.1, -0.05) is 41.5 Å². The zero-order valence-electron chi connectivity index (χ0n) is 20.7. The van der Waals surface area contributed by atoms with Crippen molar-refractivity contribution in [2.75, 3.05) is 18.6 Å². The fourth-order valence-electron chi connectivity index (χ4n) is 3.89. The summed E-state index contributed by atoms with van der Waals surface area (Å²) >= 11 is 0. The summed E-state index contributed by atoms with van der Waals surface area (Å²) in [5.74, 6) is -0.262. The van der Waals surface area contributed by atoms with Crippen LogP contribution in [0.2, 0.25) is 0 Å². The van der Waals surface area contributed by atoms with Crippen LogP contribution in [-0.2, 0) is 6.54 Å². The highest BCUT2D eigenvalue weighted by molar-refractivity contribution is 5.72. The highest BCUT2D eigenvalue weighted by Gasteiger charge is 2.44. The van der Waals surface area contributed by atoms with Crippen LogP contribution in [0.15, 0.2) is 60.7 Å². The third-order valence-electron chi connectivity index (χ3n) is 5.60. The number of aryl methyl sites for hydroxylation is 2. The van der Waals surface area contributed by atoms with Gasteiger partial charge >= 0.3 is 18.7 Å². The highest BCUT2D eigenvalue weighted by atomic mass is 19.4. The molecular weight excluding hydrogens is 519 g/mol. The van der Waals surface area contributed by atoms with Crippen LogP contribution < -0.4 is 14.4 Å². The van der Waals surface area contributed by atoms with E-state index < -0.39 is 37.1 Å². The molecule has 0 aliphatic heterocycles. The minimum Gasteiger partial charge on any atom is -0.497 e. The molecule has 1 atom stereocenters. The summed E-state index contributed by atoms with van der Waals surface area (Å²) in [5, 5.41) is 9.84. The van der Waals surface area contributed by atoms with Crippen molar-refractivity contribution >= 4 is 5.69 Å². The highest BCUT2D eigenvalue weighted by Crippen LogP contribution is 2.34. The molecular formula is C27H26F7NO3. The van der Waals surface area contributed by atoms with E-state index in [4.69, 9.17) is 4.74 Å². The Morgan fingerprint density at radius 3 is 2.05 bits per heavy atom. The van der Waals surface area contributed by atoms with E-state index >= 15 is 0 Å². The maximum absolute atomic E-state index is 13.4. The second kappa shape index (κ2) is 11.5. The molecule has 0 aliphatic carbocycles. The minimum absolute atomic E-state index is 0.178. The Kier molecular flexibility index (Phi) is 8.81. The third-order valence-corrected chi connectivity index (χ3v) is 5.60. The summed E-state index contributed by atoms with van der Waals surface area (Å²) in [6.45, 7) is 2.59. The average molecular weight is 545 g/mol. The molecule has 0 aliphatic rings. The Labute approximate surface area is 215 Å². The van der Waals surface area contributed by atoms with E-state index in [2.05, 4.69) is 4.74 Å². The van der Waals surface area contributed by atoms with Gasteiger partial charge in [0.05, 0.1) is 13.7 Å². The lowest BCUT2D eigenvalue weighted by atomic mass is 9.99. The molecule has 4 nitrogen and oxygen atoms in total. The van der Waals surface area contributed by atoms with Gasteiger partial charge in [-0.3, -0.25) is 0 Å². The van der Waals surface area contributed by atoms with Gasteiger partial charge in [-0.2, -0.15) is 30.7 Å². The number of anilines is 1. The molecule has 3 aromatic carbocycles. The van der Waals surface area contributed by atoms with Crippen LogP contribution in [-0.4, -0.2) is 43.6 Å². The quantitative estimate of drug-likeness (QED) is 0.275. The van der Waals surface area contributed by atoms with Crippen LogP contribution in [0.1, 0.15) is 16.7 Å². The molecule has 3 rings (SSSR count). The molecule has 1 N–H and O–H groups in total. The standard InChI is InChI=1S/C27H26F7NO3/c1-16-7-17(2)9-19(8-16)20-11-21(13-23(12-20)37-3)35(15-24(36)26(30,31)32)14-18-5-4-6-22(10-18)38-27(33,34)25(28)29/h4-13,24-25,36H,14-15H2,1-3H3. The summed E-state index contributed by atoms with van der Waals surface area (Å²) in [7, 11) is 1.39. The first kappa shape index (κ1) is 29.1. The van der Waals surface area contributed by atoms with Crippen LogP contribution >= 0.6 is 0 Å². The van der Waals surface area contributed by atoms with E-state index in [9.17, 15) is 35.8 Å². The number of hydrogen-bond acceptors (Lipinski definition) is 4. The fraction of sp³-hybridized carbons (Fsp3) is 0.333. The van der Waals surface area contributed by atoms with E-state index in [0.717, 1.165) is 28.8 Å². The van der Waals surface area contributed by atoms with Gasteiger partial charge in [0, 0.05) is 18.3 Å². The monoisotopic (exact) mass is 545 g/mol. The lowest BCUT2D eigenvalue weighted by Crippen LogP contribution is -2.41. The molecule has 38 heavy (non-hydrogen) atoms. The second-order valence-corrected chi connectivity index (χ2v) is 8.85. The number of halogens is 7. The van der Waals surface area contributed by atoms with Crippen LogP contribution in [0.25, 0.3) is 11.1 Å². The van der Waals surface area contributed by atoms with Crippen molar-refractivity contribution in [1.29, 1.82) is 0 Å². The largest absolute Gasteiger partial charge is 0.497 e. The maximum atomic E-state index is 13.4. The van der Waals surface area contributed by atoms with Crippen molar-refractivity contribution < 1.29 is 45.3 Å². The van der Waals surface area contributed by atoms with Gasteiger partial charge in [0.25, 0.3) is 0 Å². The third kappa shape index (κ3) is 7.53. The van der Waals surface area contributed by atoms with Crippen LogP contribution in [0.3, 0.4) is 0 Å². The number of methoxy groups -OCH3 is 1. The van der Waals surface area contributed by atoms with Crippen molar-refractivity contribution in [1.82, 2.24) is 0 Å². The van der Waals surface area contributed by atoms with Gasteiger partial charge < -0.3 is 19.5 Å². The number of aliphatic hydroxyl groups is 1. The predicted octanol–water partition coefficient (Wildman–Crippen LogP) is 7.15. The molecule has 1 unspecified atom stereocenters. The Balaban J connectivity index is 2.04. The first-order valence-corrected chi connectivity index (χ1v) is 11.4. The Morgan fingerprint density at radius 2 is 1.47 bits per heavy atom. The van der Waals surface area contributed by atoms with E-state index in [0.29, 0.717) is 11.3 Å². The minimum atomic E-state index is -4.93. The van der Waals surface area contributed by atoms with Crippen LogP contribution in [0.5, 0.6) is 11.5 Å². The lowest BCUT2D eigenvalue weighted by Gasteiger charge is -2.29. The Bertz CT molecular complexity index is 1230. The van der Waals surface area contributed by atoms with Crippen molar-refractivity contribution in [2.24, 2.45) is 0 Å². The average Bonchev–Trinajstić information content (AvgIpc) is 2.82. The number of alkyl halides is 7. The van der Waals surface area contributed by atoms with Gasteiger partial charge in [-0.05, 0) is 54.8 Å². The molecule has 0 saturated heterocycles. The number of rotatable bonds is 10. The normalized spacial score (nSPS) is 12.9. The molecule has 0 bridgehead atoms. The molecule has 0 aromatic heterocycles. The first-order valence-electron chi connectivity index (χ1n) is 11.4. The van der Waals surface area contributed by atoms with Crippen molar-refractivity contribution in [3.8, 4) is 22.6 Å². The van der Waals surface area contributed by atoms with E-state index in [1.807, 2.05) is 32.0 Å². The summed E-state index contributed by atoms with van der Waals surface area (Å²) in [6, 6.07) is 15.2. The predicted molar refractivity (Wildman–Crippen MR) is 129 cm³/mol. The second-order valence-electron chi connectivity index (χ2n) is 8.85. The van der Waals surface area contributed by atoms with Gasteiger partial charge in [-0.15, -0.1) is 0 Å². The number of aliphatic hydroxyl groups excluding tert-OH is 1. The van der Waals surface area contributed by atoms with E-state index in [1.165, 1.54) is 30.2 Å². The molecule has 3 aromatic rings. The van der Waals surface area contributed by atoms with Crippen LogP contribution in [0, 0.1) is 13.8 Å². The zero-order chi connectivity index (χ0) is 28.3. The number of nitrogens with zero attached hydrogens (tertiary/aromatic N) is 1. The SMILES string of the molecule is COc1cc(-c2cc(C)cc(C)c2)cc(N(Cc2cccc(OC(F)(F)C(F)F)c2)CC(O)C(F)(F)F)c1. The molecule has 0 amide bonds. The topological polar surface area (TPSA) is 41.9 Å². The van der Waals surface area contributed by atoms with Crippen molar-refractivity contribution in [2.45, 2.75) is 45.2 Å². The van der Waals surface area contributed by atoms with Gasteiger partial charge in [0.15, 0.2) is 6.10 Å². The number of benzene rings is 3. The van der Waals surface area contributed by atoms with Crippen LogP contribution in [0.4, 0.5) is 36.4 Å². The summed E-state index contributed by atoms with van der Waals surface area (Å²) in [4.78, 5) is 1.19. The molecule has 0 heterocycles. The molecule has 0 radical (unpaired) electrons. The lowest BCUT2D eigenvalue weighted by molar-refractivity contribution is -0.253. The molecule has 0 spiro atoms. The van der Waals surface area contributed by atoms with Crippen molar-refractivity contribution in [3.63, 3.8) is 0 Å². The smallest absolute Gasteiger partial charge is 0.461 e. The maximum Gasteiger partial charge on any atom is 0.461 e. The van der Waals surface area contributed by atoms with Gasteiger partial charge in [0.1, 0.15) is 11.5 Å². The molecule has 0 saturated carbocycles. The number of ether oxygens (including phenoxy) is 2. The summed E-state index contributed by atoms with van der Waals surface area (Å²) in [5.41, 5.74) is 3.76. The first-order chi connectivity index (χ1) is 17.7. The van der Waals surface area contributed by atoms with Gasteiger partial charge in [0.2, 0.25) is 0 Å². The van der Waals surface area contributed by atoms with E-state index in [1.54, 1.807) is 12.1 Å². The Hall–Kier alpha value is -3.47. The number of hydrogen-bond donors (Lipinski definition) is 1. The van der Waals surface area contributed by atoms with Gasteiger partial charge in [-0.25, -0.2) is 0 Å². The Morgan fingerprint density at radius 1 is 0.842 bits per heavy atom. The van der Waals surface area contributed by atoms with Crippen molar-refractivity contribution in [3.05, 3.63) is 77.4 Å². The van der Waals surface area contributed by atoms with E-state index in [-0.39, 0.29) is 17.8 Å². The molecule has 11 heteroatoms. The summed E-state index contributed by atoms with van der Waals surface area (Å²) < 4.78 is 101. The molecule has 206 valence electrons. The zero-order valence-corrected chi connectivity index (χ0v) is 20.7. The fourth-order valence-corrected chi connectivity index (χ4v) is 3.89. The summed E-state index contributed by atoms with van der Waals surface area (Å²) in [6.07, 6.45) is -16.5.